The van der Waals surface area contributed by atoms with Gasteiger partial charge in [-0.15, -0.1) is 9.90 Å². The molecule has 1 aromatic carbocycles. The van der Waals surface area contributed by atoms with Crippen molar-refractivity contribution in [2.45, 2.75) is 6.55 Å². The number of rotatable bonds is 3. The van der Waals surface area contributed by atoms with Gasteiger partial charge in [-0.1, -0.05) is 0 Å². The minimum atomic E-state index is -2.87. The summed E-state index contributed by atoms with van der Waals surface area (Å²) in [5, 5.41) is 16.3. The van der Waals surface area contributed by atoms with Gasteiger partial charge in [0.2, 0.25) is 0 Å². The van der Waals surface area contributed by atoms with Crippen molar-refractivity contribution in [3.8, 4) is 28.6 Å². The predicted octanol–water partition coefficient (Wildman–Crippen LogP) is 3.41. The number of hydrogen-bond donors (Lipinski definition) is 0. The van der Waals surface area contributed by atoms with Crippen LogP contribution in [0, 0.1) is 17.1 Å². The lowest BCUT2D eigenvalue weighted by molar-refractivity contribution is 0.0415. The molecule has 5 nitrogen and oxygen atoms in total. The molecule has 0 unspecified atom stereocenters. The third-order valence-electron chi connectivity index (χ3n) is 3.12. The lowest BCUT2D eigenvalue weighted by Crippen LogP contribution is -2.02. The number of nitrogens with zero attached hydrogens (tertiary/aromatic N) is 5. The smallest absolute Gasteiger partial charge is 0.255 e. The highest BCUT2D eigenvalue weighted by Crippen LogP contribution is 2.26. The first kappa shape index (κ1) is 14.7. The fourth-order valence-corrected chi connectivity index (χ4v) is 2.03. The van der Waals surface area contributed by atoms with E-state index >= 15 is 0 Å². The fraction of sp³-hybridized carbons (Fsp3) is 0.0667. The van der Waals surface area contributed by atoms with E-state index in [2.05, 4.69) is 15.2 Å². The Morgan fingerprint density at radius 1 is 1.09 bits per heavy atom. The van der Waals surface area contributed by atoms with E-state index in [4.69, 9.17) is 5.26 Å². The average molecular weight is 315 g/mol. The summed E-state index contributed by atoms with van der Waals surface area (Å²) >= 11 is 0. The summed E-state index contributed by atoms with van der Waals surface area (Å²) in [6, 6.07) is 9.09. The van der Waals surface area contributed by atoms with Crippen LogP contribution in [0.3, 0.4) is 0 Å². The Balaban J connectivity index is 2.09. The maximum absolute atomic E-state index is 13.0. The highest BCUT2D eigenvalue weighted by Gasteiger charge is 2.15. The topological polar surface area (TPSA) is 67.4 Å². The molecule has 0 radical (unpaired) electrons. The van der Waals surface area contributed by atoms with E-state index in [9.17, 15) is 13.2 Å². The first-order valence-electron chi connectivity index (χ1n) is 6.45. The monoisotopic (exact) mass is 315 g/mol. The molecule has 0 saturated heterocycles. The van der Waals surface area contributed by atoms with Crippen molar-refractivity contribution in [1.82, 2.24) is 20.0 Å². The zero-order valence-electron chi connectivity index (χ0n) is 11.5. The van der Waals surface area contributed by atoms with E-state index < -0.39 is 6.55 Å². The van der Waals surface area contributed by atoms with Crippen LogP contribution in [-0.4, -0.2) is 20.0 Å². The molecule has 3 aromatic rings. The molecule has 0 atom stereocenters. The van der Waals surface area contributed by atoms with E-state index in [-0.39, 0.29) is 21.9 Å². The van der Waals surface area contributed by atoms with Gasteiger partial charge in [-0.3, -0.25) is 4.98 Å². The zero-order chi connectivity index (χ0) is 16.4. The van der Waals surface area contributed by atoms with Gasteiger partial charge >= 0.3 is 6.55 Å². The summed E-state index contributed by atoms with van der Waals surface area (Å²) in [6.07, 6.45) is 2.46. The first-order valence-corrected chi connectivity index (χ1v) is 6.45. The average Bonchev–Trinajstić information content (AvgIpc) is 3.05. The summed E-state index contributed by atoms with van der Waals surface area (Å²) in [7, 11) is 0. The molecule has 0 fully saturated rings. The van der Waals surface area contributed by atoms with Crippen LogP contribution in [0.15, 0.2) is 42.7 Å². The number of aromatic nitrogens is 4. The fourth-order valence-electron chi connectivity index (χ4n) is 2.03. The predicted molar refractivity (Wildman–Crippen MR) is 74.6 cm³/mol. The van der Waals surface area contributed by atoms with Crippen LogP contribution < -0.4 is 0 Å². The Bertz CT molecular complexity index is 881. The Kier molecular flexibility index (Phi) is 3.76. The molecular formula is C15H8F3N5. The van der Waals surface area contributed by atoms with E-state index in [1.165, 1.54) is 36.5 Å². The normalized spacial score (nSPS) is 10.7. The maximum atomic E-state index is 13.0. The van der Waals surface area contributed by atoms with Gasteiger partial charge in [-0.25, -0.2) is 4.39 Å². The Morgan fingerprint density at radius 2 is 1.83 bits per heavy atom. The number of halogens is 3. The Hall–Kier alpha value is -3.21. The van der Waals surface area contributed by atoms with Gasteiger partial charge < -0.3 is 0 Å². The van der Waals surface area contributed by atoms with Crippen LogP contribution in [0.5, 0.6) is 0 Å². The molecule has 0 aliphatic rings. The standard InChI is InChI=1S/C15H8F3N5/c16-11-3-1-9(2-4-11)13-5-12(10(6-19)7-20-13)14-8-21-23(22-14)15(17)18/h1-5,7-8,15H. The van der Waals surface area contributed by atoms with Crippen LogP contribution >= 0.6 is 0 Å². The van der Waals surface area contributed by atoms with Crippen molar-refractivity contribution < 1.29 is 13.2 Å². The summed E-state index contributed by atoms with van der Waals surface area (Å²) in [6.45, 7) is -2.87. The van der Waals surface area contributed by atoms with Crippen LogP contribution in [-0.2, 0) is 0 Å². The van der Waals surface area contributed by atoms with Crippen LogP contribution in [0.4, 0.5) is 13.2 Å². The maximum Gasteiger partial charge on any atom is 0.348 e. The first-order chi connectivity index (χ1) is 11.1. The van der Waals surface area contributed by atoms with Crippen LogP contribution in [0.1, 0.15) is 12.1 Å². The second-order valence-corrected chi connectivity index (χ2v) is 4.56. The number of nitriles is 1. The van der Waals surface area contributed by atoms with E-state index in [1.54, 1.807) is 0 Å². The van der Waals surface area contributed by atoms with Crippen molar-refractivity contribution in [1.29, 1.82) is 5.26 Å². The van der Waals surface area contributed by atoms with Crippen molar-refractivity contribution in [2.24, 2.45) is 0 Å². The molecule has 0 aliphatic carbocycles. The lowest BCUT2D eigenvalue weighted by atomic mass is 10.0. The highest BCUT2D eigenvalue weighted by molar-refractivity contribution is 5.72. The zero-order valence-corrected chi connectivity index (χ0v) is 11.5. The van der Waals surface area contributed by atoms with Crippen molar-refractivity contribution in [2.75, 3.05) is 0 Å². The van der Waals surface area contributed by atoms with E-state index in [1.807, 2.05) is 6.07 Å². The minimum Gasteiger partial charge on any atom is -0.255 e. The summed E-state index contributed by atoms with van der Waals surface area (Å²) in [4.78, 5) is 4.39. The Labute approximate surface area is 128 Å². The summed E-state index contributed by atoms with van der Waals surface area (Å²) in [5.41, 5.74) is 1.72. The molecule has 8 heteroatoms. The third-order valence-corrected chi connectivity index (χ3v) is 3.12. The molecular weight excluding hydrogens is 307 g/mol. The number of alkyl halides is 2. The van der Waals surface area contributed by atoms with Crippen LogP contribution in [0.2, 0.25) is 0 Å². The second kappa shape index (κ2) is 5.88. The minimum absolute atomic E-state index is 0.132. The van der Waals surface area contributed by atoms with Gasteiger partial charge in [0, 0.05) is 17.3 Å². The second-order valence-electron chi connectivity index (χ2n) is 4.56. The quantitative estimate of drug-likeness (QED) is 0.743. The van der Waals surface area contributed by atoms with Gasteiger partial charge in [-0.2, -0.15) is 19.1 Å². The van der Waals surface area contributed by atoms with E-state index in [0.717, 1.165) is 6.20 Å². The molecule has 0 saturated carbocycles. The van der Waals surface area contributed by atoms with Gasteiger partial charge in [-0.05, 0) is 30.3 Å². The molecule has 2 aromatic heterocycles. The van der Waals surface area contributed by atoms with E-state index in [0.29, 0.717) is 16.8 Å². The molecule has 0 N–H and O–H groups in total. The molecule has 0 amide bonds. The molecule has 0 aliphatic heterocycles. The summed E-state index contributed by atoms with van der Waals surface area (Å²) in [5.74, 6) is -0.387. The summed E-state index contributed by atoms with van der Waals surface area (Å²) < 4.78 is 38.2. The van der Waals surface area contributed by atoms with Gasteiger partial charge in [0.1, 0.15) is 17.6 Å². The Morgan fingerprint density at radius 3 is 2.43 bits per heavy atom. The molecule has 2 heterocycles. The highest BCUT2D eigenvalue weighted by atomic mass is 19.3. The van der Waals surface area contributed by atoms with Gasteiger partial charge in [0.05, 0.1) is 17.5 Å². The SMILES string of the molecule is N#Cc1cnc(-c2ccc(F)cc2)cc1-c1cnn(C(F)F)n1. The van der Waals surface area contributed by atoms with Crippen molar-refractivity contribution in [3.63, 3.8) is 0 Å². The molecule has 0 bridgehead atoms. The van der Waals surface area contributed by atoms with Gasteiger partial charge in [0.15, 0.2) is 0 Å². The van der Waals surface area contributed by atoms with Gasteiger partial charge in [0.25, 0.3) is 0 Å². The largest absolute Gasteiger partial charge is 0.348 e. The number of hydrogen-bond acceptors (Lipinski definition) is 4. The molecule has 114 valence electrons. The molecule has 0 spiro atoms. The lowest BCUT2D eigenvalue weighted by Gasteiger charge is -2.05. The molecule has 23 heavy (non-hydrogen) atoms. The number of pyridine rings is 1. The van der Waals surface area contributed by atoms with Crippen molar-refractivity contribution in [3.05, 3.63) is 54.1 Å². The molecule has 3 rings (SSSR count). The van der Waals surface area contributed by atoms with Crippen molar-refractivity contribution >= 4 is 0 Å². The van der Waals surface area contributed by atoms with Crippen LogP contribution in [0.25, 0.3) is 22.5 Å². The third kappa shape index (κ3) is 2.89. The number of benzene rings is 1.